The SMILES string of the molecule is CO[C@@H]1C[C@H](C(=O)NCCc2csc(-c3cccnc3)n2)CC[C@@H]1O. The highest BCUT2D eigenvalue weighted by Crippen LogP contribution is 2.27. The first kappa shape index (κ1) is 18.0. The zero-order chi connectivity index (χ0) is 17.6. The molecule has 0 saturated heterocycles. The quantitative estimate of drug-likeness (QED) is 0.822. The number of hydrogen-bond acceptors (Lipinski definition) is 6. The van der Waals surface area contributed by atoms with Gasteiger partial charge in [-0.05, 0) is 31.4 Å². The van der Waals surface area contributed by atoms with Crippen molar-refractivity contribution >= 4 is 17.2 Å². The first-order valence-electron chi connectivity index (χ1n) is 8.50. The molecule has 1 amide bonds. The molecule has 3 atom stereocenters. The lowest BCUT2D eigenvalue weighted by Gasteiger charge is -2.31. The number of amides is 1. The number of rotatable bonds is 6. The van der Waals surface area contributed by atoms with Crippen LogP contribution in [0.25, 0.3) is 10.6 Å². The highest BCUT2D eigenvalue weighted by molar-refractivity contribution is 7.13. The number of nitrogens with one attached hydrogen (secondary N) is 1. The molecule has 0 spiro atoms. The fourth-order valence-corrected chi connectivity index (χ4v) is 3.95. The molecule has 7 heteroatoms. The number of nitrogens with zero attached hydrogens (tertiary/aromatic N) is 2. The Morgan fingerprint density at radius 3 is 3.12 bits per heavy atom. The summed E-state index contributed by atoms with van der Waals surface area (Å²) in [6, 6.07) is 3.88. The van der Waals surface area contributed by atoms with Gasteiger partial charge in [-0.2, -0.15) is 0 Å². The lowest BCUT2D eigenvalue weighted by Crippen LogP contribution is -2.41. The molecular weight excluding hydrogens is 338 g/mol. The second kappa shape index (κ2) is 8.51. The van der Waals surface area contributed by atoms with Crippen LogP contribution in [0.15, 0.2) is 29.9 Å². The first-order chi connectivity index (χ1) is 12.2. The molecule has 25 heavy (non-hydrogen) atoms. The largest absolute Gasteiger partial charge is 0.390 e. The summed E-state index contributed by atoms with van der Waals surface area (Å²) >= 11 is 1.58. The van der Waals surface area contributed by atoms with E-state index in [0.29, 0.717) is 32.2 Å². The van der Waals surface area contributed by atoms with E-state index < -0.39 is 6.10 Å². The number of thiazole rings is 1. The monoisotopic (exact) mass is 361 g/mol. The molecule has 2 heterocycles. The molecule has 0 unspecified atom stereocenters. The van der Waals surface area contributed by atoms with Crippen molar-refractivity contribution in [3.63, 3.8) is 0 Å². The Hall–Kier alpha value is -1.83. The standard InChI is InChI=1S/C18H23N3O3S/c1-24-16-9-12(4-5-15(16)22)17(23)20-8-6-14-11-25-18(21-14)13-3-2-7-19-10-13/h2-3,7,10-12,15-16,22H,4-6,8-9H2,1H3,(H,20,23)/t12-,15+,16-/m1/s1. The minimum atomic E-state index is -0.463. The Balaban J connectivity index is 1.47. The number of methoxy groups -OCH3 is 1. The number of aliphatic hydroxyl groups is 1. The number of aliphatic hydroxyl groups excluding tert-OH is 1. The summed E-state index contributed by atoms with van der Waals surface area (Å²) in [5.41, 5.74) is 1.98. The van der Waals surface area contributed by atoms with E-state index in [9.17, 15) is 9.90 Å². The fourth-order valence-electron chi connectivity index (χ4n) is 3.11. The maximum atomic E-state index is 12.3. The van der Waals surface area contributed by atoms with Gasteiger partial charge in [0.2, 0.25) is 5.91 Å². The average molecular weight is 361 g/mol. The van der Waals surface area contributed by atoms with Crippen molar-refractivity contribution < 1.29 is 14.6 Å². The van der Waals surface area contributed by atoms with Crippen LogP contribution in [0.2, 0.25) is 0 Å². The zero-order valence-corrected chi connectivity index (χ0v) is 15.0. The molecule has 2 aromatic heterocycles. The molecule has 1 fully saturated rings. The third-order valence-corrected chi connectivity index (χ3v) is 5.51. The van der Waals surface area contributed by atoms with E-state index in [1.807, 2.05) is 17.5 Å². The van der Waals surface area contributed by atoms with E-state index in [0.717, 1.165) is 16.3 Å². The maximum Gasteiger partial charge on any atom is 0.223 e. The molecule has 0 bridgehead atoms. The van der Waals surface area contributed by atoms with Crippen LogP contribution in [0.4, 0.5) is 0 Å². The number of aromatic nitrogens is 2. The summed E-state index contributed by atoms with van der Waals surface area (Å²) < 4.78 is 5.26. The van der Waals surface area contributed by atoms with Gasteiger partial charge in [0.15, 0.2) is 0 Å². The molecule has 0 radical (unpaired) electrons. The van der Waals surface area contributed by atoms with Crippen molar-refractivity contribution in [3.05, 3.63) is 35.6 Å². The Kier molecular flexibility index (Phi) is 6.12. The van der Waals surface area contributed by atoms with Crippen molar-refractivity contribution in [2.24, 2.45) is 5.92 Å². The Bertz CT molecular complexity index is 692. The third-order valence-electron chi connectivity index (χ3n) is 4.57. The van der Waals surface area contributed by atoms with E-state index in [1.54, 1.807) is 30.8 Å². The Morgan fingerprint density at radius 2 is 2.36 bits per heavy atom. The average Bonchev–Trinajstić information content (AvgIpc) is 3.11. The van der Waals surface area contributed by atoms with Crippen LogP contribution in [0.3, 0.4) is 0 Å². The number of carbonyl (C=O) groups is 1. The van der Waals surface area contributed by atoms with Crippen LogP contribution < -0.4 is 5.32 Å². The highest BCUT2D eigenvalue weighted by atomic mass is 32.1. The van der Waals surface area contributed by atoms with Gasteiger partial charge >= 0.3 is 0 Å². The minimum absolute atomic E-state index is 0.0386. The predicted molar refractivity (Wildman–Crippen MR) is 96.2 cm³/mol. The molecule has 134 valence electrons. The molecular formula is C18H23N3O3S. The van der Waals surface area contributed by atoms with Gasteiger partial charge < -0.3 is 15.2 Å². The summed E-state index contributed by atoms with van der Waals surface area (Å²) in [5, 5.41) is 15.8. The Labute approximate surface area is 151 Å². The molecule has 1 aliphatic carbocycles. The number of carbonyl (C=O) groups excluding carboxylic acids is 1. The summed E-state index contributed by atoms with van der Waals surface area (Å²) in [4.78, 5) is 21.0. The maximum absolute atomic E-state index is 12.3. The summed E-state index contributed by atoms with van der Waals surface area (Å²) in [7, 11) is 1.58. The summed E-state index contributed by atoms with van der Waals surface area (Å²) in [5.74, 6) is -0.0496. The van der Waals surface area contributed by atoms with Crippen LogP contribution in [-0.4, -0.2) is 46.8 Å². The van der Waals surface area contributed by atoms with Gasteiger partial charge in [-0.1, -0.05) is 0 Å². The summed E-state index contributed by atoms with van der Waals surface area (Å²) in [6.07, 6.45) is 5.42. The van der Waals surface area contributed by atoms with Gasteiger partial charge in [0, 0.05) is 49.3 Å². The topological polar surface area (TPSA) is 84.3 Å². The number of ether oxygens (including phenoxy) is 1. The molecule has 2 N–H and O–H groups in total. The van der Waals surface area contributed by atoms with Gasteiger partial charge in [-0.3, -0.25) is 9.78 Å². The van der Waals surface area contributed by atoms with Crippen molar-refractivity contribution in [1.29, 1.82) is 0 Å². The van der Waals surface area contributed by atoms with Crippen LogP contribution in [0.1, 0.15) is 25.0 Å². The molecule has 2 aromatic rings. The lowest BCUT2D eigenvalue weighted by molar-refractivity contribution is -0.130. The first-order valence-corrected chi connectivity index (χ1v) is 9.38. The highest BCUT2D eigenvalue weighted by Gasteiger charge is 2.32. The van der Waals surface area contributed by atoms with Gasteiger partial charge in [0.1, 0.15) is 5.01 Å². The van der Waals surface area contributed by atoms with E-state index >= 15 is 0 Å². The van der Waals surface area contributed by atoms with Crippen LogP contribution in [0.5, 0.6) is 0 Å². The smallest absolute Gasteiger partial charge is 0.223 e. The van der Waals surface area contributed by atoms with E-state index in [2.05, 4.69) is 15.3 Å². The fraction of sp³-hybridized carbons (Fsp3) is 0.500. The molecule has 0 aromatic carbocycles. The van der Waals surface area contributed by atoms with Crippen molar-refractivity contribution in [1.82, 2.24) is 15.3 Å². The third kappa shape index (κ3) is 4.62. The zero-order valence-electron chi connectivity index (χ0n) is 14.2. The molecule has 3 rings (SSSR count). The van der Waals surface area contributed by atoms with Gasteiger partial charge in [0.25, 0.3) is 0 Å². The van der Waals surface area contributed by atoms with Crippen molar-refractivity contribution in [3.8, 4) is 10.6 Å². The summed E-state index contributed by atoms with van der Waals surface area (Å²) in [6.45, 7) is 0.561. The van der Waals surface area contributed by atoms with E-state index in [1.165, 1.54) is 0 Å². The second-order valence-electron chi connectivity index (χ2n) is 6.28. The van der Waals surface area contributed by atoms with Crippen LogP contribution >= 0.6 is 11.3 Å². The number of pyridine rings is 1. The van der Waals surface area contributed by atoms with Crippen molar-refractivity contribution in [2.45, 2.75) is 37.9 Å². The number of hydrogen-bond donors (Lipinski definition) is 2. The molecule has 1 saturated carbocycles. The van der Waals surface area contributed by atoms with Gasteiger partial charge in [-0.25, -0.2) is 4.98 Å². The minimum Gasteiger partial charge on any atom is -0.390 e. The molecule has 1 aliphatic rings. The Morgan fingerprint density at radius 1 is 1.48 bits per heavy atom. The van der Waals surface area contributed by atoms with Gasteiger partial charge in [0.05, 0.1) is 17.9 Å². The predicted octanol–water partition coefficient (Wildman–Crippen LogP) is 2.04. The van der Waals surface area contributed by atoms with Gasteiger partial charge in [-0.15, -0.1) is 11.3 Å². The second-order valence-corrected chi connectivity index (χ2v) is 7.14. The van der Waals surface area contributed by atoms with Crippen LogP contribution in [-0.2, 0) is 16.0 Å². The molecule has 0 aliphatic heterocycles. The van der Waals surface area contributed by atoms with E-state index in [-0.39, 0.29) is 17.9 Å². The normalized spacial score (nSPS) is 23.4. The van der Waals surface area contributed by atoms with Crippen LogP contribution in [0, 0.1) is 5.92 Å². The van der Waals surface area contributed by atoms with Crippen molar-refractivity contribution in [2.75, 3.05) is 13.7 Å². The lowest BCUT2D eigenvalue weighted by atomic mass is 9.84. The molecule has 6 nitrogen and oxygen atoms in total. The van der Waals surface area contributed by atoms with E-state index in [4.69, 9.17) is 4.74 Å².